The SMILES string of the molecule is O[C@H](CN(Cc1cccc(OC(F)(F)F)c1)c1nc(Cl)cc(Oc2ccc(F)cc2)n1)C(F)(F)F. The lowest BCUT2D eigenvalue weighted by Gasteiger charge is -2.27. The highest BCUT2D eigenvalue weighted by Gasteiger charge is 2.40. The van der Waals surface area contributed by atoms with Crippen LogP contribution in [0.25, 0.3) is 0 Å². The molecule has 0 aliphatic carbocycles. The van der Waals surface area contributed by atoms with E-state index in [9.17, 15) is 35.8 Å². The van der Waals surface area contributed by atoms with Gasteiger partial charge in [-0.25, -0.2) is 9.37 Å². The maximum absolute atomic E-state index is 13.1. The van der Waals surface area contributed by atoms with Gasteiger partial charge in [0.2, 0.25) is 11.8 Å². The molecule has 0 amide bonds. The van der Waals surface area contributed by atoms with Crippen molar-refractivity contribution in [1.82, 2.24) is 9.97 Å². The number of anilines is 1. The number of aliphatic hydroxyl groups excluding tert-OH is 1. The highest BCUT2D eigenvalue weighted by molar-refractivity contribution is 6.29. The average Bonchev–Trinajstić information content (AvgIpc) is 2.73. The Bertz CT molecular complexity index is 1140. The summed E-state index contributed by atoms with van der Waals surface area (Å²) in [7, 11) is 0. The van der Waals surface area contributed by atoms with Crippen LogP contribution in [-0.4, -0.2) is 40.3 Å². The molecule has 6 nitrogen and oxygen atoms in total. The van der Waals surface area contributed by atoms with Gasteiger partial charge in [0.05, 0.1) is 6.54 Å². The number of alkyl halides is 6. The summed E-state index contributed by atoms with van der Waals surface area (Å²) in [6.45, 7) is -1.54. The Hall–Kier alpha value is -3.32. The van der Waals surface area contributed by atoms with E-state index in [1.165, 1.54) is 24.3 Å². The molecule has 1 aromatic heterocycles. The lowest BCUT2D eigenvalue weighted by atomic mass is 10.2. The Kier molecular flexibility index (Phi) is 7.90. The van der Waals surface area contributed by atoms with Crippen LogP contribution in [0.5, 0.6) is 17.4 Å². The summed E-state index contributed by atoms with van der Waals surface area (Å²) in [4.78, 5) is 8.70. The summed E-state index contributed by atoms with van der Waals surface area (Å²) in [6.07, 6.45) is -12.8. The van der Waals surface area contributed by atoms with Crippen LogP contribution in [-0.2, 0) is 6.54 Å². The maximum Gasteiger partial charge on any atom is 0.573 e. The van der Waals surface area contributed by atoms with Gasteiger partial charge in [-0.05, 0) is 42.0 Å². The standard InChI is InChI=1S/C21H15ClF7N3O3/c22-17-9-18(34-14-6-4-13(23)5-7-14)31-19(30-17)32(11-16(33)20(24,25)26)10-12-2-1-3-15(8-12)35-21(27,28)29/h1-9,16,33H,10-11H2/t16-/m1/s1. The molecule has 0 bridgehead atoms. The number of nitrogens with zero attached hydrogens (tertiary/aromatic N) is 3. The first-order valence-electron chi connectivity index (χ1n) is 9.61. The zero-order valence-electron chi connectivity index (χ0n) is 17.3. The molecule has 1 N–H and O–H groups in total. The summed E-state index contributed by atoms with van der Waals surface area (Å²) < 4.78 is 99.1. The van der Waals surface area contributed by atoms with Crippen molar-refractivity contribution < 1.29 is 45.3 Å². The van der Waals surface area contributed by atoms with Crippen molar-refractivity contribution in [2.24, 2.45) is 0 Å². The molecule has 188 valence electrons. The Balaban J connectivity index is 1.93. The number of halogens is 8. The van der Waals surface area contributed by atoms with Crippen LogP contribution < -0.4 is 14.4 Å². The summed E-state index contributed by atoms with van der Waals surface area (Å²) in [5.41, 5.74) is 0.0886. The van der Waals surface area contributed by atoms with Crippen LogP contribution in [0.4, 0.5) is 36.7 Å². The third-order valence-corrected chi connectivity index (χ3v) is 4.45. The number of ether oxygens (including phenoxy) is 2. The molecule has 0 saturated carbocycles. The van der Waals surface area contributed by atoms with Crippen LogP contribution in [0.15, 0.2) is 54.6 Å². The van der Waals surface area contributed by atoms with Gasteiger partial charge in [0.1, 0.15) is 22.5 Å². The van der Waals surface area contributed by atoms with Crippen molar-refractivity contribution in [2.75, 3.05) is 11.4 Å². The Labute approximate surface area is 198 Å². The monoisotopic (exact) mass is 525 g/mol. The van der Waals surface area contributed by atoms with Gasteiger partial charge in [0.25, 0.3) is 0 Å². The molecule has 3 aromatic rings. The number of benzene rings is 2. The van der Waals surface area contributed by atoms with Gasteiger partial charge in [-0.15, -0.1) is 13.2 Å². The molecule has 0 aliphatic rings. The zero-order chi connectivity index (χ0) is 25.8. The van der Waals surface area contributed by atoms with Gasteiger partial charge in [-0.3, -0.25) is 0 Å². The lowest BCUT2D eigenvalue weighted by molar-refractivity contribution is -0.274. The predicted molar refractivity (Wildman–Crippen MR) is 110 cm³/mol. The van der Waals surface area contributed by atoms with Crippen LogP contribution in [0.1, 0.15) is 5.56 Å². The fraction of sp³-hybridized carbons (Fsp3) is 0.238. The quantitative estimate of drug-likeness (QED) is 0.292. The Morgan fingerprint density at radius 1 is 0.943 bits per heavy atom. The van der Waals surface area contributed by atoms with Gasteiger partial charge in [-0.2, -0.15) is 18.2 Å². The minimum atomic E-state index is -5.01. The molecule has 0 fully saturated rings. The summed E-state index contributed by atoms with van der Waals surface area (Å²) >= 11 is 5.97. The van der Waals surface area contributed by atoms with Gasteiger partial charge in [0.15, 0.2) is 6.10 Å². The Morgan fingerprint density at radius 2 is 1.63 bits per heavy atom. The van der Waals surface area contributed by atoms with E-state index < -0.39 is 49.2 Å². The second-order valence-electron chi connectivity index (χ2n) is 7.02. The first-order valence-corrected chi connectivity index (χ1v) is 9.99. The summed E-state index contributed by atoms with van der Waals surface area (Å²) in [6, 6.07) is 10.4. The third kappa shape index (κ3) is 8.14. The van der Waals surface area contributed by atoms with E-state index in [-0.39, 0.29) is 22.3 Å². The van der Waals surface area contributed by atoms with Gasteiger partial charge >= 0.3 is 12.5 Å². The second-order valence-corrected chi connectivity index (χ2v) is 7.41. The summed E-state index contributed by atoms with van der Waals surface area (Å²) in [5.74, 6) is -1.64. The van der Waals surface area contributed by atoms with E-state index in [1.54, 1.807) is 0 Å². The first kappa shape index (κ1) is 26.3. The largest absolute Gasteiger partial charge is 0.573 e. The van der Waals surface area contributed by atoms with E-state index in [1.807, 2.05) is 0 Å². The molecule has 3 rings (SSSR count). The van der Waals surface area contributed by atoms with Gasteiger partial charge in [0, 0.05) is 12.6 Å². The number of rotatable bonds is 8. The van der Waals surface area contributed by atoms with Crippen LogP contribution in [0, 0.1) is 5.82 Å². The van der Waals surface area contributed by atoms with E-state index >= 15 is 0 Å². The van der Waals surface area contributed by atoms with E-state index in [0.717, 1.165) is 35.2 Å². The van der Waals surface area contributed by atoms with Gasteiger partial charge < -0.3 is 19.5 Å². The lowest BCUT2D eigenvalue weighted by Crippen LogP contribution is -2.41. The average molecular weight is 526 g/mol. The molecule has 35 heavy (non-hydrogen) atoms. The van der Waals surface area contributed by atoms with Crippen molar-refractivity contribution in [2.45, 2.75) is 25.2 Å². The number of hydrogen-bond donors (Lipinski definition) is 1. The third-order valence-electron chi connectivity index (χ3n) is 4.26. The number of aromatic nitrogens is 2. The molecule has 0 saturated heterocycles. The molecule has 0 spiro atoms. The molecule has 2 aromatic carbocycles. The molecule has 1 heterocycles. The smallest absolute Gasteiger partial charge is 0.439 e. The van der Waals surface area contributed by atoms with Crippen LogP contribution in [0.2, 0.25) is 5.15 Å². The molecule has 0 aliphatic heterocycles. The minimum Gasteiger partial charge on any atom is -0.439 e. The highest BCUT2D eigenvalue weighted by Crippen LogP contribution is 2.29. The van der Waals surface area contributed by atoms with Crippen molar-refractivity contribution in [3.8, 4) is 17.4 Å². The summed E-state index contributed by atoms with van der Waals surface area (Å²) in [5, 5.41) is 9.36. The maximum atomic E-state index is 13.1. The molecule has 1 atom stereocenters. The molecular weight excluding hydrogens is 511 g/mol. The molecular formula is C21H15ClF7N3O3. The first-order chi connectivity index (χ1) is 16.3. The number of hydrogen-bond acceptors (Lipinski definition) is 6. The van der Waals surface area contributed by atoms with Crippen molar-refractivity contribution in [3.05, 3.63) is 71.1 Å². The van der Waals surface area contributed by atoms with E-state index in [4.69, 9.17) is 16.3 Å². The highest BCUT2D eigenvalue weighted by atomic mass is 35.5. The number of aliphatic hydroxyl groups is 1. The minimum absolute atomic E-state index is 0.0886. The zero-order valence-corrected chi connectivity index (χ0v) is 18.1. The fourth-order valence-corrected chi connectivity index (χ4v) is 2.96. The van der Waals surface area contributed by atoms with Gasteiger partial charge in [-0.1, -0.05) is 23.7 Å². The van der Waals surface area contributed by atoms with E-state index in [0.29, 0.717) is 0 Å². The van der Waals surface area contributed by atoms with Crippen molar-refractivity contribution in [3.63, 3.8) is 0 Å². The molecule has 14 heteroatoms. The molecule has 0 unspecified atom stereocenters. The molecule has 0 radical (unpaired) electrons. The predicted octanol–water partition coefficient (Wildman–Crippen LogP) is 5.89. The van der Waals surface area contributed by atoms with Crippen LogP contribution >= 0.6 is 11.6 Å². The fourth-order valence-electron chi connectivity index (χ4n) is 2.79. The van der Waals surface area contributed by atoms with Crippen molar-refractivity contribution in [1.29, 1.82) is 0 Å². The van der Waals surface area contributed by atoms with E-state index in [2.05, 4.69) is 14.7 Å². The topological polar surface area (TPSA) is 67.7 Å². The van der Waals surface area contributed by atoms with Crippen molar-refractivity contribution >= 4 is 17.5 Å². The second kappa shape index (κ2) is 10.5. The Morgan fingerprint density at radius 3 is 2.26 bits per heavy atom. The van der Waals surface area contributed by atoms with Crippen LogP contribution in [0.3, 0.4) is 0 Å². The normalized spacial score (nSPS) is 12.8.